The summed E-state index contributed by atoms with van der Waals surface area (Å²) in [6.07, 6.45) is 1.39. The average molecular weight is 443 g/mol. The van der Waals surface area contributed by atoms with Gasteiger partial charge in [-0.3, -0.25) is 9.59 Å². The van der Waals surface area contributed by atoms with Gasteiger partial charge in [-0.1, -0.05) is 0 Å². The van der Waals surface area contributed by atoms with E-state index in [1.807, 2.05) is 0 Å². The number of benzene rings is 2. The number of nitrogens with zero attached hydrogens (tertiary/aromatic N) is 1. The molecule has 0 atom stereocenters. The molecule has 0 saturated heterocycles. The molecule has 1 heterocycles. The lowest BCUT2D eigenvalue weighted by molar-refractivity contribution is -0.142. The second kappa shape index (κ2) is 10.7. The highest BCUT2D eigenvalue weighted by Crippen LogP contribution is 2.32. The standard InChI is InChI=1S/C21H21N3O8/c1-28-17-7-13(3-5-15(17)30-11-20(26)29-2)9-23-24-19(25)10-22-21(27)14-4-6-16-18(8-14)32-12-31-16/h3-9H,10-12H2,1-2H3,(H,22,27)(H,24,25)/b23-9+. The zero-order valence-electron chi connectivity index (χ0n) is 17.4. The molecule has 11 heteroatoms. The van der Waals surface area contributed by atoms with Crippen LogP contribution in [0.3, 0.4) is 0 Å². The molecule has 2 amide bonds. The van der Waals surface area contributed by atoms with Crippen molar-refractivity contribution >= 4 is 24.0 Å². The maximum atomic E-state index is 12.2. The quantitative estimate of drug-likeness (QED) is 0.331. The van der Waals surface area contributed by atoms with E-state index in [-0.39, 0.29) is 19.9 Å². The lowest BCUT2D eigenvalue weighted by Gasteiger charge is -2.10. The Morgan fingerprint density at radius 1 is 1.06 bits per heavy atom. The number of amides is 2. The van der Waals surface area contributed by atoms with E-state index in [9.17, 15) is 14.4 Å². The SMILES string of the molecule is COC(=O)COc1ccc(/C=N/NC(=O)CNC(=O)c2ccc3c(c2)OCO3)cc1OC. The van der Waals surface area contributed by atoms with Crippen LogP contribution in [0.1, 0.15) is 15.9 Å². The molecule has 32 heavy (non-hydrogen) atoms. The number of hydrogen-bond donors (Lipinski definition) is 2. The predicted molar refractivity (Wildman–Crippen MR) is 111 cm³/mol. The van der Waals surface area contributed by atoms with Crippen LogP contribution in [0.4, 0.5) is 0 Å². The number of hydrazone groups is 1. The second-order valence-corrected chi connectivity index (χ2v) is 6.32. The number of rotatable bonds is 9. The van der Waals surface area contributed by atoms with Crippen molar-refractivity contribution in [2.24, 2.45) is 5.10 Å². The molecule has 1 aliphatic rings. The van der Waals surface area contributed by atoms with Gasteiger partial charge in [0, 0.05) is 5.56 Å². The number of esters is 1. The summed E-state index contributed by atoms with van der Waals surface area (Å²) in [5, 5.41) is 6.35. The molecule has 0 spiro atoms. The molecule has 2 aromatic rings. The molecule has 0 unspecified atom stereocenters. The van der Waals surface area contributed by atoms with E-state index in [1.54, 1.807) is 36.4 Å². The van der Waals surface area contributed by atoms with Crippen molar-refractivity contribution < 1.29 is 38.1 Å². The van der Waals surface area contributed by atoms with Crippen LogP contribution in [0.2, 0.25) is 0 Å². The fourth-order valence-electron chi connectivity index (χ4n) is 2.60. The van der Waals surface area contributed by atoms with Gasteiger partial charge in [-0.2, -0.15) is 5.10 Å². The summed E-state index contributed by atoms with van der Waals surface area (Å²) in [5.41, 5.74) is 3.27. The van der Waals surface area contributed by atoms with Crippen LogP contribution in [0.15, 0.2) is 41.5 Å². The lowest BCUT2D eigenvalue weighted by atomic mass is 10.2. The largest absolute Gasteiger partial charge is 0.493 e. The first-order valence-electron chi connectivity index (χ1n) is 9.37. The Kier molecular flexibility index (Phi) is 7.46. The molecular formula is C21H21N3O8. The van der Waals surface area contributed by atoms with Crippen molar-refractivity contribution in [3.8, 4) is 23.0 Å². The number of methoxy groups -OCH3 is 2. The highest BCUT2D eigenvalue weighted by Gasteiger charge is 2.16. The molecule has 168 valence electrons. The number of nitrogens with one attached hydrogen (secondary N) is 2. The number of carbonyl (C=O) groups is 3. The van der Waals surface area contributed by atoms with Gasteiger partial charge in [-0.05, 0) is 42.0 Å². The third-order valence-electron chi connectivity index (χ3n) is 4.21. The first-order chi connectivity index (χ1) is 15.5. The summed E-state index contributed by atoms with van der Waals surface area (Å²) in [5.74, 6) is 0.295. The van der Waals surface area contributed by atoms with Gasteiger partial charge in [0.05, 0.1) is 27.0 Å². The Hall–Kier alpha value is -4.28. The Morgan fingerprint density at radius 2 is 1.88 bits per heavy atom. The summed E-state index contributed by atoms with van der Waals surface area (Å²) < 4.78 is 25.5. The number of hydrogen-bond acceptors (Lipinski definition) is 9. The van der Waals surface area contributed by atoms with Gasteiger partial charge in [0.1, 0.15) is 0 Å². The van der Waals surface area contributed by atoms with Gasteiger partial charge < -0.3 is 29.0 Å². The maximum Gasteiger partial charge on any atom is 0.343 e. The van der Waals surface area contributed by atoms with Crippen molar-refractivity contribution in [2.45, 2.75) is 0 Å². The maximum absolute atomic E-state index is 12.2. The molecule has 3 rings (SSSR count). The Labute approximate surface area is 183 Å². The van der Waals surface area contributed by atoms with Crippen molar-refractivity contribution in [3.63, 3.8) is 0 Å². The summed E-state index contributed by atoms with van der Waals surface area (Å²) in [7, 11) is 2.71. The van der Waals surface area contributed by atoms with Crippen LogP contribution in [-0.2, 0) is 14.3 Å². The molecular weight excluding hydrogens is 422 g/mol. The normalized spacial score (nSPS) is 11.7. The zero-order chi connectivity index (χ0) is 22.9. The minimum absolute atomic E-state index is 0.107. The minimum Gasteiger partial charge on any atom is -0.493 e. The number of ether oxygens (including phenoxy) is 5. The molecule has 0 fully saturated rings. The van der Waals surface area contributed by atoms with E-state index in [0.29, 0.717) is 34.1 Å². The van der Waals surface area contributed by atoms with Crippen molar-refractivity contribution in [3.05, 3.63) is 47.5 Å². The van der Waals surface area contributed by atoms with Gasteiger partial charge >= 0.3 is 5.97 Å². The molecule has 0 saturated carbocycles. The Bertz CT molecular complexity index is 1040. The van der Waals surface area contributed by atoms with Gasteiger partial charge in [0.2, 0.25) is 6.79 Å². The van der Waals surface area contributed by atoms with Gasteiger partial charge in [-0.15, -0.1) is 0 Å². The Balaban J connectivity index is 1.48. The average Bonchev–Trinajstić information content (AvgIpc) is 3.29. The molecule has 2 aromatic carbocycles. The third kappa shape index (κ3) is 5.88. The van der Waals surface area contributed by atoms with Gasteiger partial charge in [-0.25, -0.2) is 10.2 Å². The summed E-state index contributed by atoms with van der Waals surface area (Å²) >= 11 is 0. The molecule has 0 radical (unpaired) electrons. The summed E-state index contributed by atoms with van der Waals surface area (Å²) in [4.78, 5) is 35.3. The van der Waals surface area contributed by atoms with E-state index in [0.717, 1.165) is 0 Å². The monoisotopic (exact) mass is 443 g/mol. The molecule has 2 N–H and O–H groups in total. The van der Waals surface area contributed by atoms with E-state index in [2.05, 4.69) is 20.6 Å². The fraction of sp³-hybridized carbons (Fsp3) is 0.238. The number of carbonyl (C=O) groups excluding carboxylic acids is 3. The van der Waals surface area contributed by atoms with Crippen molar-refractivity contribution in [2.75, 3.05) is 34.2 Å². The van der Waals surface area contributed by atoms with Gasteiger partial charge in [0.15, 0.2) is 29.6 Å². The molecule has 11 nitrogen and oxygen atoms in total. The summed E-state index contributed by atoms with van der Waals surface area (Å²) in [6, 6.07) is 9.61. The highest BCUT2D eigenvalue weighted by molar-refractivity contribution is 5.97. The highest BCUT2D eigenvalue weighted by atomic mass is 16.7. The number of fused-ring (bicyclic) bond motifs is 1. The lowest BCUT2D eigenvalue weighted by Crippen LogP contribution is -2.34. The van der Waals surface area contributed by atoms with E-state index in [4.69, 9.17) is 18.9 Å². The molecule has 0 bridgehead atoms. The first kappa shape index (κ1) is 22.4. The first-order valence-corrected chi connectivity index (χ1v) is 9.37. The molecule has 0 aromatic heterocycles. The smallest absolute Gasteiger partial charge is 0.343 e. The van der Waals surface area contributed by atoms with E-state index in [1.165, 1.54) is 20.4 Å². The Morgan fingerprint density at radius 3 is 2.66 bits per heavy atom. The van der Waals surface area contributed by atoms with Crippen LogP contribution in [0.25, 0.3) is 0 Å². The fourth-order valence-corrected chi connectivity index (χ4v) is 2.60. The summed E-state index contributed by atoms with van der Waals surface area (Å²) in [6.45, 7) is -0.418. The zero-order valence-corrected chi connectivity index (χ0v) is 17.4. The third-order valence-corrected chi connectivity index (χ3v) is 4.21. The predicted octanol–water partition coefficient (Wildman–Crippen LogP) is 0.856. The van der Waals surface area contributed by atoms with Crippen LogP contribution in [-0.4, -0.2) is 58.2 Å². The van der Waals surface area contributed by atoms with Gasteiger partial charge in [0.25, 0.3) is 11.8 Å². The van der Waals surface area contributed by atoms with Crippen LogP contribution < -0.4 is 29.7 Å². The second-order valence-electron chi connectivity index (χ2n) is 6.32. The van der Waals surface area contributed by atoms with E-state index >= 15 is 0 Å². The van der Waals surface area contributed by atoms with Crippen molar-refractivity contribution in [1.82, 2.24) is 10.7 Å². The molecule has 0 aliphatic carbocycles. The minimum atomic E-state index is -0.522. The van der Waals surface area contributed by atoms with Crippen LogP contribution in [0.5, 0.6) is 23.0 Å². The van der Waals surface area contributed by atoms with Crippen LogP contribution in [0, 0.1) is 0 Å². The molecule has 1 aliphatic heterocycles. The van der Waals surface area contributed by atoms with E-state index < -0.39 is 17.8 Å². The van der Waals surface area contributed by atoms with Crippen LogP contribution >= 0.6 is 0 Å². The topological polar surface area (TPSA) is 134 Å². The van der Waals surface area contributed by atoms with Crippen molar-refractivity contribution in [1.29, 1.82) is 0 Å².